The third-order valence-electron chi connectivity index (χ3n) is 1.57. The van der Waals surface area contributed by atoms with Crippen LogP contribution in [0.2, 0.25) is 0 Å². The molecule has 0 atom stereocenters. The van der Waals surface area contributed by atoms with Gasteiger partial charge in [-0.2, -0.15) is 0 Å². The average molecular weight is 193 g/mol. The van der Waals surface area contributed by atoms with E-state index in [0.29, 0.717) is 0 Å². The molecule has 5 heteroatoms. The summed E-state index contributed by atoms with van der Waals surface area (Å²) in [4.78, 5) is 10.5. The zero-order valence-corrected chi connectivity index (χ0v) is 7.60. The fraction of sp³-hybridized carbons (Fsp3) is 0.625. The van der Waals surface area contributed by atoms with Crippen LogP contribution in [0.15, 0.2) is 12.7 Å². The lowest BCUT2D eigenvalue weighted by Gasteiger charge is -2.28. The summed E-state index contributed by atoms with van der Waals surface area (Å²) < 4.78 is 25.9. The maximum absolute atomic E-state index is 12.9. The van der Waals surface area contributed by atoms with E-state index in [1.807, 2.05) is 5.32 Å². The molecule has 0 saturated carbocycles. The van der Waals surface area contributed by atoms with E-state index < -0.39 is 24.0 Å². The molecule has 0 aromatic rings. The fourth-order valence-corrected chi connectivity index (χ4v) is 0.487. The van der Waals surface area contributed by atoms with Crippen LogP contribution in [0.5, 0.6) is 0 Å². The number of halogens is 2. The van der Waals surface area contributed by atoms with Gasteiger partial charge in [-0.1, -0.05) is 6.58 Å². The van der Waals surface area contributed by atoms with Gasteiger partial charge in [0.15, 0.2) is 0 Å². The first-order valence-electron chi connectivity index (χ1n) is 3.71. The molecular formula is C8H13F2NO2. The third-order valence-corrected chi connectivity index (χ3v) is 1.57. The molecule has 0 aromatic heterocycles. The first-order chi connectivity index (χ1) is 5.70. The zero-order chi connectivity index (χ0) is 10.7. The van der Waals surface area contributed by atoms with E-state index in [-0.39, 0.29) is 0 Å². The number of alkyl halides is 2. The molecule has 1 amide bonds. The van der Waals surface area contributed by atoms with Gasteiger partial charge < -0.3 is 10.4 Å². The fourth-order valence-electron chi connectivity index (χ4n) is 0.487. The van der Waals surface area contributed by atoms with Crippen molar-refractivity contribution in [3.05, 3.63) is 12.7 Å². The Labute approximate surface area is 75.4 Å². The highest BCUT2D eigenvalue weighted by Gasteiger charge is 2.45. The second-order valence-corrected chi connectivity index (χ2v) is 3.19. The monoisotopic (exact) mass is 193 g/mol. The van der Waals surface area contributed by atoms with Crippen LogP contribution < -0.4 is 5.32 Å². The van der Waals surface area contributed by atoms with E-state index >= 15 is 0 Å². The number of nitrogens with one attached hydrogen (secondary N) is 1. The SMILES string of the molecule is C=CC(=O)NCC(F)(F)C(C)(C)O. The molecule has 0 aromatic carbocycles. The Morgan fingerprint density at radius 3 is 2.38 bits per heavy atom. The molecule has 0 aliphatic carbocycles. The molecule has 2 N–H and O–H groups in total. The topological polar surface area (TPSA) is 49.3 Å². The maximum Gasteiger partial charge on any atom is 0.292 e. The lowest BCUT2D eigenvalue weighted by molar-refractivity contribution is -0.160. The number of hydrogen-bond acceptors (Lipinski definition) is 2. The van der Waals surface area contributed by atoms with E-state index in [4.69, 9.17) is 5.11 Å². The third kappa shape index (κ3) is 3.50. The van der Waals surface area contributed by atoms with E-state index in [2.05, 4.69) is 6.58 Å². The van der Waals surface area contributed by atoms with E-state index in [9.17, 15) is 13.6 Å². The predicted molar refractivity (Wildman–Crippen MR) is 44.5 cm³/mol. The van der Waals surface area contributed by atoms with Crippen molar-refractivity contribution < 1.29 is 18.7 Å². The molecule has 13 heavy (non-hydrogen) atoms. The van der Waals surface area contributed by atoms with Gasteiger partial charge in [-0.15, -0.1) is 0 Å². The Hall–Kier alpha value is -0.970. The Morgan fingerprint density at radius 2 is 2.08 bits per heavy atom. The molecule has 0 spiro atoms. The van der Waals surface area contributed by atoms with Gasteiger partial charge in [-0.25, -0.2) is 8.78 Å². The van der Waals surface area contributed by atoms with Crippen molar-refractivity contribution in [2.75, 3.05) is 6.54 Å². The first-order valence-corrected chi connectivity index (χ1v) is 3.71. The van der Waals surface area contributed by atoms with Crippen molar-refractivity contribution in [1.82, 2.24) is 5.32 Å². The van der Waals surface area contributed by atoms with Crippen LogP contribution in [-0.2, 0) is 4.79 Å². The van der Waals surface area contributed by atoms with Crippen LogP contribution in [0.1, 0.15) is 13.8 Å². The first kappa shape index (κ1) is 12.0. The van der Waals surface area contributed by atoms with Crippen LogP contribution in [0.25, 0.3) is 0 Å². The largest absolute Gasteiger partial charge is 0.384 e. The molecule has 0 heterocycles. The highest BCUT2D eigenvalue weighted by atomic mass is 19.3. The standard InChI is InChI=1S/C8H13F2NO2/c1-4-6(12)11-5-8(9,10)7(2,3)13/h4,13H,1,5H2,2-3H3,(H,11,12). The van der Waals surface area contributed by atoms with Crippen LogP contribution >= 0.6 is 0 Å². The number of amides is 1. The van der Waals surface area contributed by atoms with Crippen molar-refractivity contribution >= 4 is 5.91 Å². The Balaban J connectivity index is 4.19. The van der Waals surface area contributed by atoms with Crippen molar-refractivity contribution in [2.24, 2.45) is 0 Å². The van der Waals surface area contributed by atoms with Crippen LogP contribution in [0, 0.1) is 0 Å². The minimum atomic E-state index is -3.36. The van der Waals surface area contributed by atoms with Crippen molar-refractivity contribution in [2.45, 2.75) is 25.4 Å². The summed E-state index contributed by atoms with van der Waals surface area (Å²) in [5.41, 5.74) is -2.15. The van der Waals surface area contributed by atoms with Crippen LogP contribution in [-0.4, -0.2) is 29.1 Å². The van der Waals surface area contributed by atoms with Crippen LogP contribution in [0.3, 0.4) is 0 Å². The number of aliphatic hydroxyl groups is 1. The van der Waals surface area contributed by atoms with E-state index in [1.165, 1.54) is 0 Å². The van der Waals surface area contributed by atoms with Gasteiger partial charge >= 0.3 is 0 Å². The summed E-state index contributed by atoms with van der Waals surface area (Å²) in [5, 5.41) is 10.9. The van der Waals surface area contributed by atoms with Gasteiger partial charge in [0.05, 0.1) is 6.54 Å². The van der Waals surface area contributed by atoms with Crippen LogP contribution in [0.4, 0.5) is 8.78 Å². The highest BCUT2D eigenvalue weighted by Crippen LogP contribution is 2.26. The Kier molecular flexibility index (Phi) is 3.54. The highest BCUT2D eigenvalue weighted by molar-refractivity contribution is 5.86. The Bertz CT molecular complexity index is 209. The normalized spacial score (nSPS) is 12.4. The van der Waals surface area contributed by atoms with Gasteiger partial charge in [0.1, 0.15) is 5.60 Å². The summed E-state index contributed by atoms with van der Waals surface area (Å²) in [6.07, 6.45) is 0.889. The molecule has 0 aliphatic heterocycles. The van der Waals surface area contributed by atoms with Gasteiger partial charge in [-0.3, -0.25) is 4.79 Å². The number of rotatable bonds is 4. The maximum atomic E-state index is 12.9. The minimum Gasteiger partial charge on any atom is -0.384 e. The summed E-state index contributed by atoms with van der Waals surface area (Å²) in [6, 6.07) is 0. The lowest BCUT2D eigenvalue weighted by Crippen LogP contribution is -2.50. The van der Waals surface area contributed by atoms with Gasteiger partial charge in [0, 0.05) is 0 Å². The Morgan fingerprint density at radius 1 is 1.62 bits per heavy atom. The molecule has 76 valence electrons. The van der Waals surface area contributed by atoms with E-state index in [1.54, 1.807) is 0 Å². The summed E-state index contributed by atoms with van der Waals surface area (Å²) in [7, 11) is 0. The molecule has 0 rings (SSSR count). The second kappa shape index (κ2) is 3.83. The molecule has 0 fully saturated rings. The number of carbonyl (C=O) groups excluding carboxylic acids is 1. The lowest BCUT2D eigenvalue weighted by atomic mass is 10.0. The smallest absolute Gasteiger partial charge is 0.292 e. The summed E-state index contributed by atoms with van der Waals surface area (Å²) in [5.74, 6) is -4.05. The molecular weight excluding hydrogens is 180 g/mol. The number of hydrogen-bond donors (Lipinski definition) is 2. The van der Waals surface area contributed by atoms with Gasteiger partial charge in [-0.05, 0) is 19.9 Å². The summed E-state index contributed by atoms with van der Waals surface area (Å²) >= 11 is 0. The van der Waals surface area contributed by atoms with Crippen molar-refractivity contribution in [3.8, 4) is 0 Å². The van der Waals surface area contributed by atoms with E-state index in [0.717, 1.165) is 19.9 Å². The minimum absolute atomic E-state index is 0.691. The predicted octanol–water partition coefficient (Wildman–Crippen LogP) is 0.695. The zero-order valence-electron chi connectivity index (χ0n) is 7.60. The molecule has 0 unspecified atom stereocenters. The summed E-state index contributed by atoms with van der Waals surface area (Å²) in [6.45, 7) is 4.16. The second-order valence-electron chi connectivity index (χ2n) is 3.19. The molecule has 0 aliphatic rings. The molecule has 0 bridgehead atoms. The molecule has 3 nitrogen and oxygen atoms in total. The number of carbonyl (C=O) groups is 1. The van der Waals surface area contributed by atoms with Crippen molar-refractivity contribution in [3.63, 3.8) is 0 Å². The van der Waals surface area contributed by atoms with Gasteiger partial charge in [0.25, 0.3) is 5.92 Å². The van der Waals surface area contributed by atoms with Crippen molar-refractivity contribution in [1.29, 1.82) is 0 Å². The quantitative estimate of drug-likeness (QED) is 0.645. The van der Waals surface area contributed by atoms with Gasteiger partial charge in [0.2, 0.25) is 5.91 Å². The average Bonchev–Trinajstić information content (AvgIpc) is 1.98. The molecule has 0 radical (unpaired) electrons. The molecule has 0 saturated heterocycles.